The molecule has 0 aliphatic carbocycles. The Balaban J connectivity index is 2.21. The second-order valence-corrected chi connectivity index (χ2v) is 5.21. The van der Waals surface area contributed by atoms with Crippen LogP contribution in [0.3, 0.4) is 0 Å². The van der Waals surface area contributed by atoms with Crippen molar-refractivity contribution in [2.75, 3.05) is 6.61 Å². The van der Waals surface area contributed by atoms with E-state index < -0.39 is 0 Å². The molecule has 108 valence electrons. The second-order valence-electron chi connectivity index (χ2n) is 4.24. The SMILES string of the molecule is Cc1cc(=O)[nH]c(SCc2ccc(F)cc2C#CCO)n1. The van der Waals surface area contributed by atoms with Gasteiger partial charge in [0.1, 0.15) is 12.4 Å². The highest BCUT2D eigenvalue weighted by atomic mass is 32.2. The first-order valence-corrected chi connectivity index (χ1v) is 7.16. The fraction of sp³-hybridized carbons (Fsp3) is 0.200. The van der Waals surface area contributed by atoms with E-state index >= 15 is 0 Å². The smallest absolute Gasteiger partial charge is 0.251 e. The number of thioether (sulfide) groups is 1. The molecule has 0 bridgehead atoms. The summed E-state index contributed by atoms with van der Waals surface area (Å²) < 4.78 is 13.2. The number of hydrogen-bond acceptors (Lipinski definition) is 4. The molecule has 1 aromatic carbocycles. The predicted molar refractivity (Wildman–Crippen MR) is 79.5 cm³/mol. The van der Waals surface area contributed by atoms with Crippen molar-refractivity contribution in [2.45, 2.75) is 17.8 Å². The van der Waals surface area contributed by atoms with E-state index in [4.69, 9.17) is 5.11 Å². The Bertz CT molecular complexity index is 762. The Morgan fingerprint density at radius 3 is 2.95 bits per heavy atom. The first-order chi connectivity index (χ1) is 10.1. The fourth-order valence-electron chi connectivity index (χ4n) is 1.69. The van der Waals surface area contributed by atoms with Gasteiger partial charge in [-0.05, 0) is 24.6 Å². The van der Waals surface area contributed by atoms with Gasteiger partial charge < -0.3 is 10.1 Å². The van der Waals surface area contributed by atoms with E-state index in [0.29, 0.717) is 22.2 Å². The molecule has 6 heteroatoms. The number of H-pyrrole nitrogens is 1. The van der Waals surface area contributed by atoms with Crippen molar-refractivity contribution in [3.05, 3.63) is 57.3 Å². The number of aromatic amines is 1. The lowest BCUT2D eigenvalue weighted by Crippen LogP contribution is -2.08. The van der Waals surface area contributed by atoms with Gasteiger partial charge in [0.2, 0.25) is 0 Å². The maximum atomic E-state index is 13.2. The highest BCUT2D eigenvalue weighted by Gasteiger charge is 2.05. The molecule has 2 rings (SSSR count). The molecule has 21 heavy (non-hydrogen) atoms. The zero-order valence-corrected chi connectivity index (χ0v) is 12.1. The van der Waals surface area contributed by atoms with E-state index in [1.54, 1.807) is 13.0 Å². The van der Waals surface area contributed by atoms with Crippen LogP contribution in [0.25, 0.3) is 0 Å². The van der Waals surface area contributed by atoms with E-state index in [1.807, 2.05) is 0 Å². The summed E-state index contributed by atoms with van der Waals surface area (Å²) in [7, 11) is 0. The molecule has 0 fully saturated rings. The average molecular weight is 304 g/mol. The van der Waals surface area contributed by atoms with Crippen molar-refractivity contribution in [3.8, 4) is 11.8 Å². The van der Waals surface area contributed by atoms with E-state index in [1.165, 1.54) is 30.0 Å². The number of nitrogens with one attached hydrogen (secondary N) is 1. The molecule has 0 amide bonds. The average Bonchev–Trinajstić information content (AvgIpc) is 2.43. The third-order valence-corrected chi connectivity index (χ3v) is 3.51. The quantitative estimate of drug-likeness (QED) is 0.516. The molecule has 1 heterocycles. The number of rotatable bonds is 3. The monoisotopic (exact) mass is 304 g/mol. The normalized spacial score (nSPS) is 10.0. The molecule has 0 atom stereocenters. The van der Waals surface area contributed by atoms with E-state index in [-0.39, 0.29) is 18.0 Å². The summed E-state index contributed by atoms with van der Waals surface area (Å²) in [6, 6.07) is 5.73. The van der Waals surface area contributed by atoms with Crippen LogP contribution in [0.2, 0.25) is 0 Å². The first kappa shape index (κ1) is 15.3. The van der Waals surface area contributed by atoms with Crippen molar-refractivity contribution in [3.63, 3.8) is 0 Å². The molecule has 0 unspecified atom stereocenters. The third-order valence-electron chi connectivity index (χ3n) is 2.59. The van der Waals surface area contributed by atoms with Crippen LogP contribution in [0.5, 0.6) is 0 Å². The van der Waals surface area contributed by atoms with Crippen LogP contribution in [-0.2, 0) is 5.75 Å². The second kappa shape index (κ2) is 7.07. The van der Waals surface area contributed by atoms with Crippen molar-refractivity contribution in [2.24, 2.45) is 0 Å². The topological polar surface area (TPSA) is 66.0 Å². The van der Waals surface area contributed by atoms with Gasteiger partial charge in [0.05, 0.1) is 0 Å². The van der Waals surface area contributed by atoms with E-state index in [2.05, 4.69) is 21.8 Å². The molecule has 0 aliphatic heterocycles. The van der Waals surface area contributed by atoms with Gasteiger partial charge in [-0.3, -0.25) is 4.79 Å². The van der Waals surface area contributed by atoms with Gasteiger partial charge >= 0.3 is 0 Å². The number of aryl methyl sites for hydroxylation is 1. The Labute approximate surface area is 125 Å². The lowest BCUT2D eigenvalue weighted by atomic mass is 10.1. The molecule has 0 spiro atoms. The van der Waals surface area contributed by atoms with Crippen molar-refractivity contribution >= 4 is 11.8 Å². The molecule has 0 radical (unpaired) electrons. The van der Waals surface area contributed by atoms with Crippen LogP contribution in [0, 0.1) is 24.6 Å². The fourth-order valence-corrected chi connectivity index (χ4v) is 2.62. The van der Waals surface area contributed by atoms with Gasteiger partial charge in [-0.1, -0.05) is 29.7 Å². The van der Waals surface area contributed by atoms with Gasteiger partial charge in [0.15, 0.2) is 5.16 Å². The number of aromatic nitrogens is 2. The third kappa shape index (κ3) is 4.45. The number of aliphatic hydroxyl groups is 1. The molecular weight excluding hydrogens is 291 g/mol. The largest absolute Gasteiger partial charge is 0.384 e. The summed E-state index contributed by atoms with van der Waals surface area (Å²) in [6.07, 6.45) is 0. The van der Waals surface area contributed by atoms with E-state index in [9.17, 15) is 9.18 Å². The summed E-state index contributed by atoms with van der Waals surface area (Å²) in [4.78, 5) is 18.2. The van der Waals surface area contributed by atoms with Crippen LogP contribution >= 0.6 is 11.8 Å². The molecule has 2 aromatic rings. The van der Waals surface area contributed by atoms with Gasteiger partial charge in [0.25, 0.3) is 5.56 Å². The Morgan fingerprint density at radius 2 is 2.24 bits per heavy atom. The van der Waals surface area contributed by atoms with Crippen LogP contribution < -0.4 is 5.56 Å². The highest BCUT2D eigenvalue weighted by Crippen LogP contribution is 2.21. The first-order valence-electron chi connectivity index (χ1n) is 6.17. The predicted octanol–water partition coefficient (Wildman–Crippen LogP) is 1.85. The Kier molecular flexibility index (Phi) is 5.14. The van der Waals surface area contributed by atoms with Crippen molar-refractivity contribution < 1.29 is 9.50 Å². The lowest BCUT2D eigenvalue weighted by molar-refractivity contribution is 0.350. The minimum absolute atomic E-state index is 0.204. The number of hydrogen-bond donors (Lipinski definition) is 2. The number of benzene rings is 1. The highest BCUT2D eigenvalue weighted by molar-refractivity contribution is 7.98. The standard InChI is InChI=1S/C15H13FN2O2S/c1-10-7-14(20)18-15(17-10)21-9-12-4-5-13(16)8-11(12)3-2-6-19/h4-5,7-8,19H,6,9H2,1H3,(H,17,18,20). The van der Waals surface area contributed by atoms with Crippen LogP contribution in [0.4, 0.5) is 4.39 Å². The number of aliphatic hydroxyl groups excluding tert-OH is 1. The van der Waals surface area contributed by atoms with Gasteiger partial charge in [-0.2, -0.15) is 0 Å². The molecule has 1 aromatic heterocycles. The van der Waals surface area contributed by atoms with Crippen LogP contribution in [-0.4, -0.2) is 21.7 Å². The van der Waals surface area contributed by atoms with Crippen LogP contribution in [0.1, 0.15) is 16.8 Å². The zero-order chi connectivity index (χ0) is 15.2. The molecule has 4 nitrogen and oxygen atoms in total. The molecule has 0 saturated carbocycles. The van der Waals surface area contributed by atoms with Crippen molar-refractivity contribution in [1.29, 1.82) is 0 Å². The van der Waals surface area contributed by atoms with Gasteiger partial charge in [-0.15, -0.1) is 0 Å². The number of halogens is 1. The maximum Gasteiger partial charge on any atom is 0.251 e. The minimum atomic E-state index is -0.381. The summed E-state index contributed by atoms with van der Waals surface area (Å²) >= 11 is 1.34. The molecular formula is C15H13FN2O2S. The molecule has 2 N–H and O–H groups in total. The van der Waals surface area contributed by atoms with Gasteiger partial charge in [-0.25, -0.2) is 9.37 Å². The van der Waals surface area contributed by atoms with Crippen molar-refractivity contribution in [1.82, 2.24) is 9.97 Å². The summed E-state index contributed by atoms with van der Waals surface area (Å²) in [6.45, 7) is 1.46. The van der Waals surface area contributed by atoms with E-state index in [0.717, 1.165) is 5.56 Å². The Morgan fingerprint density at radius 1 is 1.43 bits per heavy atom. The minimum Gasteiger partial charge on any atom is -0.384 e. The number of nitrogens with zero attached hydrogens (tertiary/aromatic N) is 1. The summed E-state index contributed by atoms with van der Waals surface area (Å²) in [5.74, 6) is 5.33. The maximum absolute atomic E-state index is 13.2. The summed E-state index contributed by atoms with van der Waals surface area (Å²) in [5, 5.41) is 9.24. The molecule has 0 saturated heterocycles. The summed E-state index contributed by atoms with van der Waals surface area (Å²) in [5.41, 5.74) is 1.77. The van der Waals surface area contributed by atoms with Crippen LogP contribution in [0.15, 0.2) is 34.2 Å². The van der Waals surface area contributed by atoms with Gasteiger partial charge in [0, 0.05) is 23.1 Å². The lowest BCUT2D eigenvalue weighted by Gasteiger charge is -2.05. The zero-order valence-electron chi connectivity index (χ0n) is 11.3. The molecule has 0 aliphatic rings. The Hall–Kier alpha value is -2.10.